The number of hydrogen-bond donors (Lipinski definition) is 1. The highest BCUT2D eigenvalue weighted by Gasteiger charge is 2.31. The highest BCUT2D eigenvalue weighted by atomic mass is 35.5. The average Bonchev–Trinajstić information content (AvgIpc) is 2.97. The summed E-state index contributed by atoms with van der Waals surface area (Å²) < 4.78 is 5.60. The van der Waals surface area contributed by atoms with Crippen molar-refractivity contribution in [1.82, 2.24) is 10.2 Å². The fourth-order valence-electron chi connectivity index (χ4n) is 3.08. The van der Waals surface area contributed by atoms with Crippen molar-refractivity contribution in [3.63, 3.8) is 0 Å². The lowest BCUT2D eigenvalue weighted by atomic mass is 9.93. The van der Waals surface area contributed by atoms with Crippen LogP contribution < -0.4 is 5.32 Å². The number of fused-ring (bicyclic) bond motifs is 1. The minimum Gasteiger partial charge on any atom is -0.451 e. The quantitative estimate of drug-likeness (QED) is 0.882. The molecule has 2 aromatic rings. The minimum absolute atomic E-state index is 0.0494. The number of piperidine rings is 1. The molecule has 1 aromatic carbocycles. The van der Waals surface area contributed by atoms with Gasteiger partial charge >= 0.3 is 0 Å². The molecule has 0 unspecified atom stereocenters. The molecule has 6 heteroatoms. The maximum atomic E-state index is 12.4. The summed E-state index contributed by atoms with van der Waals surface area (Å²) in [5.74, 6) is 0.213. The van der Waals surface area contributed by atoms with Gasteiger partial charge in [0.1, 0.15) is 5.58 Å². The van der Waals surface area contributed by atoms with Gasteiger partial charge in [-0.1, -0.05) is 32.4 Å². The van der Waals surface area contributed by atoms with Gasteiger partial charge in [-0.3, -0.25) is 9.59 Å². The molecule has 134 valence electrons. The molecule has 0 aliphatic carbocycles. The number of likely N-dealkylation sites (tertiary alicyclic amines) is 1. The first-order valence-electron chi connectivity index (χ1n) is 8.53. The topological polar surface area (TPSA) is 62.6 Å². The Hall–Kier alpha value is -2.01. The van der Waals surface area contributed by atoms with Crippen LogP contribution in [0.25, 0.3) is 11.0 Å². The van der Waals surface area contributed by atoms with E-state index in [0.717, 1.165) is 18.2 Å². The van der Waals surface area contributed by atoms with Crippen LogP contribution >= 0.6 is 11.6 Å². The second kappa shape index (κ2) is 6.71. The molecule has 1 aromatic heterocycles. The number of hydrogen-bond acceptors (Lipinski definition) is 3. The van der Waals surface area contributed by atoms with Crippen molar-refractivity contribution in [2.75, 3.05) is 13.1 Å². The third-order valence-corrected chi connectivity index (χ3v) is 4.70. The van der Waals surface area contributed by atoms with E-state index in [-0.39, 0.29) is 29.0 Å². The molecule has 25 heavy (non-hydrogen) atoms. The molecule has 0 atom stereocenters. The molecule has 0 saturated carbocycles. The van der Waals surface area contributed by atoms with Crippen molar-refractivity contribution in [3.05, 3.63) is 35.0 Å². The maximum absolute atomic E-state index is 12.4. The molecule has 0 spiro atoms. The van der Waals surface area contributed by atoms with Crippen LogP contribution in [0.4, 0.5) is 0 Å². The van der Waals surface area contributed by atoms with Gasteiger partial charge in [-0.25, -0.2) is 0 Å². The summed E-state index contributed by atoms with van der Waals surface area (Å²) in [6.45, 7) is 7.11. The van der Waals surface area contributed by atoms with E-state index in [1.807, 2.05) is 25.7 Å². The van der Waals surface area contributed by atoms with Crippen LogP contribution in [0.2, 0.25) is 5.02 Å². The standard InChI is InChI=1S/C19H23ClN2O3/c1-19(2,3)18(24)22-8-6-14(7-9-22)21-17(23)16-11-12-10-13(20)4-5-15(12)25-16/h4-5,10-11,14H,6-9H2,1-3H3,(H,21,23). The lowest BCUT2D eigenvalue weighted by Gasteiger charge is -2.35. The molecule has 2 heterocycles. The molecule has 2 amide bonds. The number of halogens is 1. The summed E-state index contributed by atoms with van der Waals surface area (Å²) in [5.41, 5.74) is 0.270. The van der Waals surface area contributed by atoms with Gasteiger partial charge in [-0.2, -0.15) is 0 Å². The lowest BCUT2D eigenvalue weighted by Crippen LogP contribution is -2.49. The average molecular weight is 363 g/mol. The zero-order chi connectivity index (χ0) is 18.2. The van der Waals surface area contributed by atoms with Crippen molar-refractivity contribution >= 4 is 34.4 Å². The predicted molar refractivity (Wildman–Crippen MR) is 97.7 cm³/mol. The Morgan fingerprint density at radius 1 is 1.20 bits per heavy atom. The molecule has 1 fully saturated rings. The van der Waals surface area contributed by atoms with Crippen LogP contribution in [0.5, 0.6) is 0 Å². The molecule has 0 radical (unpaired) electrons. The van der Waals surface area contributed by atoms with Gasteiger partial charge in [0.2, 0.25) is 5.91 Å². The van der Waals surface area contributed by atoms with Gasteiger partial charge in [0.15, 0.2) is 5.76 Å². The number of rotatable bonds is 2. The minimum atomic E-state index is -0.369. The van der Waals surface area contributed by atoms with Gasteiger partial charge in [-0.05, 0) is 37.1 Å². The van der Waals surface area contributed by atoms with E-state index in [2.05, 4.69) is 5.32 Å². The van der Waals surface area contributed by atoms with Gasteiger partial charge in [0, 0.05) is 35.0 Å². The fraction of sp³-hybridized carbons (Fsp3) is 0.474. The number of carbonyl (C=O) groups excluding carboxylic acids is 2. The SMILES string of the molecule is CC(C)(C)C(=O)N1CCC(NC(=O)c2cc3cc(Cl)ccc3o2)CC1. The van der Waals surface area contributed by atoms with Crippen molar-refractivity contribution < 1.29 is 14.0 Å². The molecule has 0 bridgehead atoms. The van der Waals surface area contributed by atoms with Crippen molar-refractivity contribution in [2.45, 2.75) is 39.7 Å². The number of amides is 2. The number of benzene rings is 1. The first-order chi connectivity index (χ1) is 11.7. The van der Waals surface area contributed by atoms with E-state index < -0.39 is 0 Å². The zero-order valence-corrected chi connectivity index (χ0v) is 15.5. The van der Waals surface area contributed by atoms with E-state index >= 15 is 0 Å². The molecule has 1 N–H and O–H groups in total. The predicted octanol–water partition coefficient (Wildman–Crippen LogP) is 3.85. The largest absolute Gasteiger partial charge is 0.451 e. The van der Waals surface area contributed by atoms with Crippen molar-refractivity contribution in [2.24, 2.45) is 5.41 Å². The van der Waals surface area contributed by atoms with Crippen LogP contribution in [-0.4, -0.2) is 35.8 Å². The van der Waals surface area contributed by atoms with Crippen LogP contribution in [-0.2, 0) is 4.79 Å². The molecule has 1 saturated heterocycles. The summed E-state index contributed by atoms with van der Waals surface area (Å²) in [4.78, 5) is 26.6. The maximum Gasteiger partial charge on any atom is 0.287 e. The second-order valence-corrected chi connectivity index (χ2v) is 8.02. The van der Waals surface area contributed by atoms with Gasteiger partial charge in [-0.15, -0.1) is 0 Å². The molecule has 1 aliphatic heterocycles. The number of furan rings is 1. The summed E-state index contributed by atoms with van der Waals surface area (Å²) in [7, 11) is 0. The Balaban J connectivity index is 1.59. The monoisotopic (exact) mass is 362 g/mol. The van der Waals surface area contributed by atoms with Crippen molar-refractivity contribution in [3.8, 4) is 0 Å². The number of nitrogens with one attached hydrogen (secondary N) is 1. The van der Waals surface area contributed by atoms with Gasteiger partial charge in [0.05, 0.1) is 0 Å². The van der Waals surface area contributed by atoms with Crippen LogP contribution in [0.1, 0.15) is 44.2 Å². The van der Waals surface area contributed by atoms with Gasteiger partial charge < -0.3 is 14.6 Å². The van der Waals surface area contributed by atoms with E-state index in [4.69, 9.17) is 16.0 Å². The van der Waals surface area contributed by atoms with E-state index in [0.29, 0.717) is 23.7 Å². The van der Waals surface area contributed by atoms with Crippen LogP contribution in [0, 0.1) is 5.41 Å². The number of carbonyl (C=O) groups is 2. The Kier molecular flexibility index (Phi) is 4.78. The van der Waals surface area contributed by atoms with E-state index in [1.165, 1.54) is 0 Å². The molecule has 3 rings (SSSR count). The van der Waals surface area contributed by atoms with Crippen molar-refractivity contribution in [1.29, 1.82) is 0 Å². The Labute approximate surface area is 152 Å². The first-order valence-corrected chi connectivity index (χ1v) is 8.91. The Morgan fingerprint density at radius 3 is 2.52 bits per heavy atom. The Morgan fingerprint density at radius 2 is 1.88 bits per heavy atom. The highest BCUT2D eigenvalue weighted by Crippen LogP contribution is 2.24. The third kappa shape index (κ3) is 3.98. The van der Waals surface area contributed by atoms with E-state index in [9.17, 15) is 9.59 Å². The fourth-order valence-corrected chi connectivity index (χ4v) is 3.26. The summed E-state index contributed by atoms with van der Waals surface area (Å²) in [6.07, 6.45) is 1.50. The first kappa shape index (κ1) is 17.8. The summed E-state index contributed by atoms with van der Waals surface area (Å²) >= 11 is 5.96. The zero-order valence-electron chi connectivity index (χ0n) is 14.8. The van der Waals surface area contributed by atoms with Crippen LogP contribution in [0.3, 0.4) is 0 Å². The van der Waals surface area contributed by atoms with Gasteiger partial charge in [0.25, 0.3) is 5.91 Å². The summed E-state index contributed by atoms with van der Waals surface area (Å²) in [6, 6.07) is 7.01. The lowest BCUT2D eigenvalue weighted by molar-refractivity contribution is -0.140. The van der Waals surface area contributed by atoms with E-state index in [1.54, 1.807) is 24.3 Å². The summed E-state index contributed by atoms with van der Waals surface area (Å²) in [5, 5.41) is 4.42. The third-order valence-electron chi connectivity index (χ3n) is 4.46. The number of nitrogens with zero attached hydrogens (tertiary/aromatic N) is 1. The highest BCUT2D eigenvalue weighted by molar-refractivity contribution is 6.31. The molecule has 1 aliphatic rings. The molecular formula is C19H23ClN2O3. The molecular weight excluding hydrogens is 340 g/mol. The second-order valence-electron chi connectivity index (χ2n) is 7.58. The van der Waals surface area contributed by atoms with Crippen LogP contribution in [0.15, 0.2) is 28.7 Å². The normalized spacial score (nSPS) is 16.2. The Bertz CT molecular complexity index is 799. The molecule has 5 nitrogen and oxygen atoms in total. The smallest absolute Gasteiger partial charge is 0.287 e.